The number of para-hydroxylation sites is 2. The fraction of sp³-hybridized carbons (Fsp3) is 0.0741. The Kier molecular flexibility index (Phi) is 5.93. The third-order valence-electron chi connectivity index (χ3n) is 5.25. The third kappa shape index (κ3) is 4.33. The molecule has 0 aliphatic rings. The number of fused-ring (bicyclic) bond motifs is 1. The molecule has 0 atom stereocenters. The van der Waals surface area contributed by atoms with Gasteiger partial charge in [0.05, 0.1) is 18.5 Å². The molecule has 7 heteroatoms. The molecule has 0 fully saturated rings. The summed E-state index contributed by atoms with van der Waals surface area (Å²) in [5, 5.41) is 4.17. The monoisotopic (exact) mass is 467 g/mol. The van der Waals surface area contributed by atoms with Crippen molar-refractivity contribution in [2.45, 2.75) is 6.92 Å². The second-order valence-corrected chi connectivity index (χ2v) is 8.74. The van der Waals surface area contributed by atoms with Crippen LogP contribution in [0, 0.1) is 6.92 Å². The van der Waals surface area contributed by atoms with Gasteiger partial charge in [0.15, 0.2) is 16.5 Å². The second-order valence-electron chi connectivity index (χ2n) is 7.54. The van der Waals surface area contributed by atoms with Gasteiger partial charge in [-0.3, -0.25) is 10.1 Å². The molecule has 0 aliphatic carbocycles. The minimum absolute atomic E-state index is 0.192. The standard InChI is InChI=1S/C27H21N3O3S/c1-17-23(18-10-5-3-6-11-18)29-27(34-17)30-25(31)21-16-19-12-9-15-22(32-2)24(19)33-26(21)28-20-13-7-4-8-14-20/h3-16H,1-2H3,(H,29,30,31). The quantitative estimate of drug-likeness (QED) is 0.326. The summed E-state index contributed by atoms with van der Waals surface area (Å²) >= 11 is 1.43. The molecule has 3 aromatic carbocycles. The number of nitrogens with zero attached hydrogens (tertiary/aromatic N) is 2. The van der Waals surface area contributed by atoms with E-state index in [9.17, 15) is 4.79 Å². The molecule has 5 aromatic rings. The lowest BCUT2D eigenvalue weighted by Crippen LogP contribution is -2.21. The van der Waals surface area contributed by atoms with E-state index in [4.69, 9.17) is 9.15 Å². The highest BCUT2D eigenvalue weighted by molar-refractivity contribution is 7.16. The number of nitrogens with one attached hydrogen (secondary N) is 1. The molecule has 1 amide bonds. The molecule has 5 rings (SSSR count). The maximum absolute atomic E-state index is 13.4. The van der Waals surface area contributed by atoms with Gasteiger partial charge in [0.25, 0.3) is 5.91 Å². The number of hydrogen-bond acceptors (Lipinski definition) is 6. The Labute approximate surface area is 200 Å². The van der Waals surface area contributed by atoms with Crippen molar-refractivity contribution in [2.75, 3.05) is 12.4 Å². The Hall–Kier alpha value is -4.23. The number of anilines is 1. The molecular formula is C27H21N3O3S. The molecule has 1 N–H and O–H groups in total. The fourth-order valence-electron chi connectivity index (χ4n) is 3.63. The highest BCUT2D eigenvalue weighted by atomic mass is 32.1. The van der Waals surface area contributed by atoms with Gasteiger partial charge >= 0.3 is 0 Å². The van der Waals surface area contributed by atoms with Crippen LogP contribution in [0.1, 0.15) is 15.2 Å². The van der Waals surface area contributed by atoms with Gasteiger partial charge in [-0.15, -0.1) is 11.3 Å². The zero-order chi connectivity index (χ0) is 23.5. The summed E-state index contributed by atoms with van der Waals surface area (Å²) in [5.74, 6) is 0.216. The van der Waals surface area contributed by atoms with E-state index in [1.165, 1.54) is 11.3 Å². The first-order chi connectivity index (χ1) is 16.6. The summed E-state index contributed by atoms with van der Waals surface area (Å²) in [6.45, 7) is 1.99. The lowest BCUT2D eigenvalue weighted by Gasteiger charge is -2.07. The maximum atomic E-state index is 13.4. The van der Waals surface area contributed by atoms with Gasteiger partial charge in [0.1, 0.15) is 5.56 Å². The van der Waals surface area contributed by atoms with Crippen LogP contribution in [0.5, 0.6) is 5.75 Å². The largest absolute Gasteiger partial charge is 0.493 e. The molecule has 0 spiro atoms. The van der Waals surface area contributed by atoms with E-state index in [0.29, 0.717) is 27.7 Å². The summed E-state index contributed by atoms with van der Waals surface area (Å²) in [7, 11) is 1.58. The van der Waals surface area contributed by atoms with E-state index in [1.807, 2.05) is 79.7 Å². The Morgan fingerprint density at radius 2 is 1.74 bits per heavy atom. The van der Waals surface area contributed by atoms with Crippen molar-refractivity contribution in [3.05, 3.63) is 101 Å². The van der Waals surface area contributed by atoms with Gasteiger partial charge in [0, 0.05) is 15.8 Å². The molecule has 0 saturated carbocycles. The number of thiazole rings is 1. The highest BCUT2D eigenvalue weighted by Gasteiger charge is 2.18. The SMILES string of the molecule is COc1cccc2cc(C(=O)Nc3nc(-c4ccccc4)c(C)s3)c(=Nc3ccccc3)oc12. The van der Waals surface area contributed by atoms with Crippen molar-refractivity contribution in [3.63, 3.8) is 0 Å². The smallest absolute Gasteiger partial charge is 0.262 e. The van der Waals surface area contributed by atoms with Crippen LogP contribution in [0.25, 0.3) is 22.2 Å². The molecule has 0 radical (unpaired) electrons. The predicted molar refractivity (Wildman–Crippen MR) is 135 cm³/mol. The van der Waals surface area contributed by atoms with Crippen molar-refractivity contribution in [1.82, 2.24) is 4.98 Å². The first-order valence-electron chi connectivity index (χ1n) is 10.7. The number of benzene rings is 3. The number of carbonyl (C=O) groups excluding carboxylic acids is 1. The molecule has 0 unspecified atom stereocenters. The van der Waals surface area contributed by atoms with Gasteiger partial charge < -0.3 is 9.15 Å². The van der Waals surface area contributed by atoms with Crippen LogP contribution >= 0.6 is 11.3 Å². The van der Waals surface area contributed by atoms with E-state index in [-0.39, 0.29) is 11.5 Å². The van der Waals surface area contributed by atoms with Gasteiger partial charge in [-0.1, -0.05) is 60.7 Å². The Morgan fingerprint density at radius 3 is 2.47 bits per heavy atom. The van der Waals surface area contributed by atoms with E-state index >= 15 is 0 Å². The first-order valence-corrected chi connectivity index (χ1v) is 11.5. The minimum Gasteiger partial charge on any atom is -0.493 e. The van der Waals surface area contributed by atoms with Gasteiger partial charge in [0.2, 0.25) is 5.55 Å². The van der Waals surface area contributed by atoms with Crippen LogP contribution in [0.2, 0.25) is 0 Å². The zero-order valence-electron chi connectivity index (χ0n) is 18.6. The van der Waals surface area contributed by atoms with Crippen LogP contribution in [-0.4, -0.2) is 18.0 Å². The average molecular weight is 468 g/mol. The van der Waals surface area contributed by atoms with Gasteiger partial charge in [-0.05, 0) is 31.2 Å². The fourth-order valence-corrected chi connectivity index (χ4v) is 4.46. The van der Waals surface area contributed by atoms with Crippen LogP contribution in [0.4, 0.5) is 10.8 Å². The van der Waals surface area contributed by atoms with Crippen LogP contribution < -0.4 is 15.6 Å². The number of ether oxygens (including phenoxy) is 1. The number of amides is 1. The maximum Gasteiger partial charge on any atom is 0.262 e. The molecule has 2 heterocycles. The van der Waals surface area contributed by atoms with Crippen molar-refractivity contribution in [2.24, 2.45) is 4.99 Å². The van der Waals surface area contributed by atoms with Crippen molar-refractivity contribution < 1.29 is 13.9 Å². The summed E-state index contributed by atoms with van der Waals surface area (Å²) in [6.07, 6.45) is 0. The number of aromatic nitrogens is 1. The molecule has 34 heavy (non-hydrogen) atoms. The van der Waals surface area contributed by atoms with E-state index in [0.717, 1.165) is 21.5 Å². The van der Waals surface area contributed by atoms with E-state index in [2.05, 4.69) is 15.3 Å². The summed E-state index contributed by atoms with van der Waals surface area (Å²) in [4.78, 5) is 23.7. The van der Waals surface area contributed by atoms with Gasteiger partial charge in [-0.25, -0.2) is 9.98 Å². The number of methoxy groups -OCH3 is 1. The molecular weight excluding hydrogens is 446 g/mol. The molecule has 0 saturated heterocycles. The molecule has 0 bridgehead atoms. The van der Waals surface area contributed by atoms with Crippen molar-refractivity contribution in [1.29, 1.82) is 0 Å². The second kappa shape index (κ2) is 9.33. The lowest BCUT2D eigenvalue weighted by molar-refractivity contribution is 0.102. The summed E-state index contributed by atoms with van der Waals surface area (Å²) in [5.41, 5.74) is 3.54. The highest BCUT2D eigenvalue weighted by Crippen LogP contribution is 2.31. The summed E-state index contributed by atoms with van der Waals surface area (Å²) < 4.78 is 11.5. The van der Waals surface area contributed by atoms with Crippen LogP contribution in [0.15, 0.2) is 94.3 Å². The van der Waals surface area contributed by atoms with E-state index in [1.54, 1.807) is 19.2 Å². The van der Waals surface area contributed by atoms with Crippen molar-refractivity contribution >= 4 is 39.0 Å². The van der Waals surface area contributed by atoms with Gasteiger partial charge in [-0.2, -0.15) is 0 Å². The molecule has 2 aromatic heterocycles. The Bertz CT molecular complexity index is 1540. The van der Waals surface area contributed by atoms with Crippen molar-refractivity contribution in [3.8, 4) is 17.0 Å². The number of carbonyl (C=O) groups is 1. The normalized spacial score (nSPS) is 11.5. The third-order valence-corrected chi connectivity index (χ3v) is 6.14. The Morgan fingerprint density at radius 1 is 1.00 bits per heavy atom. The molecule has 0 aliphatic heterocycles. The Balaban J connectivity index is 1.58. The number of aryl methyl sites for hydroxylation is 1. The predicted octanol–water partition coefficient (Wildman–Crippen LogP) is 6.36. The summed E-state index contributed by atoms with van der Waals surface area (Å²) in [6, 6.07) is 26.5. The molecule has 168 valence electrons. The van der Waals surface area contributed by atoms with Crippen LogP contribution in [0.3, 0.4) is 0 Å². The lowest BCUT2D eigenvalue weighted by atomic mass is 10.1. The zero-order valence-corrected chi connectivity index (χ0v) is 19.4. The number of hydrogen-bond donors (Lipinski definition) is 1. The first kappa shape index (κ1) is 21.6. The van der Waals surface area contributed by atoms with E-state index < -0.39 is 0 Å². The van der Waals surface area contributed by atoms with Crippen LogP contribution in [-0.2, 0) is 0 Å². The molecule has 6 nitrogen and oxygen atoms in total. The minimum atomic E-state index is -0.350. The number of rotatable bonds is 5. The topological polar surface area (TPSA) is 76.7 Å². The average Bonchev–Trinajstić information content (AvgIpc) is 3.24.